The standard InChI is InChI=1S/C17H21Cl2N3O3/c18-14-3-1-2-10(15(14)19)9-22(13-4-5-13)16(23)11-6-12(8-20-7-11)21-17(24)25/h1-3,11-13,20-21H,4-9H2,(H,24,25)/t11-,12+/m0/s1. The second kappa shape index (κ2) is 7.81. The summed E-state index contributed by atoms with van der Waals surface area (Å²) in [4.78, 5) is 25.8. The molecule has 1 saturated heterocycles. The summed E-state index contributed by atoms with van der Waals surface area (Å²) in [6.07, 6.45) is 1.41. The Morgan fingerprint density at radius 1 is 1.28 bits per heavy atom. The number of amides is 2. The lowest BCUT2D eigenvalue weighted by molar-refractivity contribution is -0.137. The number of piperidine rings is 1. The van der Waals surface area contributed by atoms with E-state index in [9.17, 15) is 9.59 Å². The van der Waals surface area contributed by atoms with Gasteiger partial charge in [0.2, 0.25) is 5.91 Å². The van der Waals surface area contributed by atoms with Gasteiger partial charge in [-0.15, -0.1) is 0 Å². The van der Waals surface area contributed by atoms with Crippen LogP contribution in [-0.2, 0) is 11.3 Å². The number of hydrogen-bond acceptors (Lipinski definition) is 3. The van der Waals surface area contributed by atoms with Crippen LogP contribution in [0.3, 0.4) is 0 Å². The highest BCUT2D eigenvalue weighted by Crippen LogP contribution is 2.33. The van der Waals surface area contributed by atoms with Gasteiger partial charge in [0, 0.05) is 31.7 Å². The second-order valence-corrected chi connectivity index (χ2v) is 7.43. The highest BCUT2D eigenvalue weighted by molar-refractivity contribution is 6.42. The van der Waals surface area contributed by atoms with E-state index in [1.165, 1.54) is 0 Å². The van der Waals surface area contributed by atoms with E-state index in [-0.39, 0.29) is 23.9 Å². The summed E-state index contributed by atoms with van der Waals surface area (Å²) in [5, 5.41) is 15.5. The maximum Gasteiger partial charge on any atom is 0.404 e. The molecule has 0 aromatic heterocycles. The largest absolute Gasteiger partial charge is 0.465 e. The Morgan fingerprint density at radius 3 is 2.72 bits per heavy atom. The molecule has 2 aliphatic rings. The Labute approximate surface area is 156 Å². The number of rotatable bonds is 5. The minimum absolute atomic E-state index is 0.0444. The lowest BCUT2D eigenvalue weighted by Gasteiger charge is -2.33. The molecule has 25 heavy (non-hydrogen) atoms. The predicted molar refractivity (Wildman–Crippen MR) is 96.0 cm³/mol. The van der Waals surface area contributed by atoms with Gasteiger partial charge in [0.1, 0.15) is 0 Å². The number of carbonyl (C=O) groups excluding carboxylic acids is 1. The number of carbonyl (C=O) groups is 2. The lowest BCUT2D eigenvalue weighted by Crippen LogP contribution is -2.52. The molecular weight excluding hydrogens is 365 g/mol. The van der Waals surface area contributed by atoms with Crippen molar-refractivity contribution in [3.8, 4) is 0 Å². The van der Waals surface area contributed by atoms with Crippen LogP contribution in [-0.4, -0.2) is 47.2 Å². The van der Waals surface area contributed by atoms with Crippen molar-refractivity contribution in [2.24, 2.45) is 5.92 Å². The topological polar surface area (TPSA) is 81.7 Å². The van der Waals surface area contributed by atoms with Crippen LogP contribution in [0, 0.1) is 5.92 Å². The van der Waals surface area contributed by atoms with Gasteiger partial charge in [-0.2, -0.15) is 0 Å². The van der Waals surface area contributed by atoms with E-state index < -0.39 is 6.09 Å². The summed E-state index contributed by atoms with van der Waals surface area (Å²) in [6.45, 7) is 1.53. The molecule has 0 unspecified atom stereocenters. The summed E-state index contributed by atoms with van der Waals surface area (Å²) in [5.74, 6) is -0.202. The Balaban J connectivity index is 1.71. The van der Waals surface area contributed by atoms with Crippen molar-refractivity contribution in [3.63, 3.8) is 0 Å². The third-order valence-corrected chi connectivity index (χ3v) is 5.53. The summed E-state index contributed by atoms with van der Waals surface area (Å²) in [7, 11) is 0. The fourth-order valence-corrected chi connectivity index (χ4v) is 3.66. The van der Waals surface area contributed by atoms with Crippen molar-refractivity contribution in [1.82, 2.24) is 15.5 Å². The van der Waals surface area contributed by atoms with Gasteiger partial charge in [0.15, 0.2) is 0 Å². The summed E-state index contributed by atoms with van der Waals surface area (Å²) in [5.41, 5.74) is 0.832. The van der Waals surface area contributed by atoms with E-state index in [2.05, 4.69) is 10.6 Å². The lowest BCUT2D eigenvalue weighted by atomic mass is 9.94. The monoisotopic (exact) mass is 385 g/mol. The van der Waals surface area contributed by atoms with Gasteiger partial charge >= 0.3 is 6.09 Å². The minimum Gasteiger partial charge on any atom is -0.465 e. The number of hydrogen-bond donors (Lipinski definition) is 3. The zero-order valence-electron chi connectivity index (χ0n) is 13.7. The molecule has 1 saturated carbocycles. The van der Waals surface area contributed by atoms with Crippen LogP contribution in [0.15, 0.2) is 18.2 Å². The molecule has 0 bridgehead atoms. The van der Waals surface area contributed by atoms with Gasteiger partial charge < -0.3 is 20.6 Å². The Hall–Kier alpha value is -1.50. The van der Waals surface area contributed by atoms with Crippen molar-refractivity contribution < 1.29 is 14.7 Å². The summed E-state index contributed by atoms with van der Waals surface area (Å²) >= 11 is 12.4. The van der Waals surface area contributed by atoms with E-state index in [1.54, 1.807) is 6.07 Å². The van der Waals surface area contributed by atoms with Gasteiger partial charge in [-0.25, -0.2) is 4.79 Å². The van der Waals surface area contributed by atoms with Crippen LogP contribution in [0.2, 0.25) is 10.0 Å². The van der Waals surface area contributed by atoms with Gasteiger partial charge in [-0.1, -0.05) is 35.3 Å². The molecule has 3 N–H and O–H groups in total. The SMILES string of the molecule is O=C(O)N[C@H]1CNC[C@@H](C(=O)N(Cc2cccc(Cl)c2Cl)C2CC2)C1. The van der Waals surface area contributed by atoms with Crippen molar-refractivity contribution in [1.29, 1.82) is 0 Å². The third-order valence-electron chi connectivity index (χ3n) is 4.67. The quantitative estimate of drug-likeness (QED) is 0.727. The van der Waals surface area contributed by atoms with Crippen molar-refractivity contribution >= 4 is 35.2 Å². The summed E-state index contributed by atoms with van der Waals surface area (Å²) < 4.78 is 0. The van der Waals surface area contributed by atoms with Gasteiger partial charge in [0.25, 0.3) is 0 Å². The molecule has 1 aromatic rings. The van der Waals surface area contributed by atoms with Gasteiger partial charge in [-0.3, -0.25) is 4.79 Å². The third kappa shape index (κ3) is 4.57. The molecule has 6 nitrogen and oxygen atoms in total. The molecular formula is C17H21Cl2N3O3. The highest BCUT2D eigenvalue weighted by Gasteiger charge is 2.38. The molecule has 0 spiro atoms. The average molecular weight is 386 g/mol. The van der Waals surface area contributed by atoms with Crippen molar-refractivity contribution in [3.05, 3.63) is 33.8 Å². The molecule has 1 aliphatic heterocycles. The molecule has 1 heterocycles. The zero-order chi connectivity index (χ0) is 18.0. The first-order chi connectivity index (χ1) is 12.0. The number of benzene rings is 1. The molecule has 1 aliphatic carbocycles. The Morgan fingerprint density at radius 2 is 2.04 bits per heavy atom. The fourth-order valence-electron chi connectivity index (χ4n) is 3.28. The fraction of sp³-hybridized carbons (Fsp3) is 0.529. The molecule has 0 radical (unpaired) electrons. The number of carboxylic acid groups (broad SMARTS) is 1. The maximum atomic E-state index is 13.0. The van der Waals surface area contributed by atoms with Crippen LogP contribution >= 0.6 is 23.2 Å². The number of nitrogens with zero attached hydrogens (tertiary/aromatic N) is 1. The van der Waals surface area contributed by atoms with Gasteiger partial charge in [0.05, 0.1) is 16.0 Å². The second-order valence-electron chi connectivity index (χ2n) is 6.65. The molecule has 136 valence electrons. The first-order valence-electron chi connectivity index (χ1n) is 8.39. The van der Waals surface area contributed by atoms with Gasteiger partial charge in [-0.05, 0) is 30.9 Å². The zero-order valence-corrected chi connectivity index (χ0v) is 15.2. The number of nitrogens with one attached hydrogen (secondary N) is 2. The highest BCUT2D eigenvalue weighted by atomic mass is 35.5. The van der Waals surface area contributed by atoms with Crippen LogP contribution in [0.1, 0.15) is 24.8 Å². The van der Waals surface area contributed by atoms with Crippen molar-refractivity contribution in [2.45, 2.75) is 37.9 Å². The van der Waals surface area contributed by atoms with Crippen LogP contribution in [0.25, 0.3) is 0 Å². The Kier molecular flexibility index (Phi) is 5.71. The van der Waals surface area contributed by atoms with E-state index in [1.807, 2.05) is 17.0 Å². The normalized spacial score (nSPS) is 23.1. The Bertz CT molecular complexity index is 667. The molecule has 3 rings (SSSR count). The number of halogens is 2. The first kappa shape index (κ1) is 18.3. The van der Waals surface area contributed by atoms with E-state index in [0.29, 0.717) is 36.1 Å². The van der Waals surface area contributed by atoms with Crippen LogP contribution in [0.5, 0.6) is 0 Å². The average Bonchev–Trinajstić information content (AvgIpc) is 3.40. The molecule has 2 atom stereocenters. The summed E-state index contributed by atoms with van der Waals surface area (Å²) in [6, 6.07) is 5.41. The van der Waals surface area contributed by atoms with Crippen molar-refractivity contribution in [2.75, 3.05) is 13.1 Å². The molecule has 2 amide bonds. The van der Waals surface area contributed by atoms with E-state index in [4.69, 9.17) is 28.3 Å². The maximum absolute atomic E-state index is 13.0. The molecule has 8 heteroatoms. The predicted octanol–water partition coefficient (Wildman–Crippen LogP) is 2.73. The minimum atomic E-state index is -1.07. The van der Waals surface area contributed by atoms with E-state index >= 15 is 0 Å². The van der Waals surface area contributed by atoms with Crippen LogP contribution < -0.4 is 10.6 Å². The van der Waals surface area contributed by atoms with E-state index in [0.717, 1.165) is 18.4 Å². The molecule has 2 fully saturated rings. The molecule has 1 aromatic carbocycles. The van der Waals surface area contributed by atoms with Crippen LogP contribution in [0.4, 0.5) is 4.79 Å². The first-order valence-corrected chi connectivity index (χ1v) is 9.15. The smallest absolute Gasteiger partial charge is 0.404 e.